The Balaban J connectivity index is 2.34. The molecular weight excluding hydrogens is 254 g/mol. The molecule has 0 amide bonds. The van der Waals surface area contributed by atoms with Crippen molar-refractivity contribution in [3.63, 3.8) is 0 Å². The summed E-state index contributed by atoms with van der Waals surface area (Å²) in [5.74, 6) is 1.77. The zero-order valence-electron chi connectivity index (χ0n) is 10.3. The Morgan fingerprint density at radius 2 is 2.06 bits per heavy atom. The number of nitrogens with one attached hydrogen (secondary N) is 1. The molecule has 0 saturated carbocycles. The molecule has 0 spiro atoms. The summed E-state index contributed by atoms with van der Waals surface area (Å²) < 4.78 is 0. The van der Waals surface area contributed by atoms with Crippen LogP contribution in [-0.2, 0) is 5.75 Å². The number of halogens is 1. The van der Waals surface area contributed by atoms with Gasteiger partial charge in [-0.25, -0.2) is 0 Å². The highest BCUT2D eigenvalue weighted by atomic mass is 35.5. The number of aliphatic hydroxyl groups excluding tert-OH is 1. The maximum Gasteiger partial charge on any atom is 0.0592 e. The second-order valence-corrected chi connectivity index (χ2v) is 5.74. The quantitative estimate of drug-likeness (QED) is 0.801. The summed E-state index contributed by atoms with van der Waals surface area (Å²) in [4.78, 5) is 0. The van der Waals surface area contributed by atoms with Crippen molar-refractivity contribution in [1.82, 2.24) is 5.32 Å². The van der Waals surface area contributed by atoms with E-state index in [-0.39, 0.29) is 12.6 Å². The second kappa shape index (κ2) is 7.98. The SMILES string of the molecule is CC(C)NC(CO)CSCc1ccccc1Cl. The fourth-order valence-electron chi connectivity index (χ4n) is 1.55. The number of hydrogen-bond acceptors (Lipinski definition) is 3. The molecule has 0 aromatic heterocycles. The molecule has 0 heterocycles. The number of aliphatic hydroxyl groups is 1. The van der Waals surface area contributed by atoms with Crippen molar-refractivity contribution < 1.29 is 5.11 Å². The first kappa shape index (κ1) is 14.8. The zero-order valence-corrected chi connectivity index (χ0v) is 11.9. The van der Waals surface area contributed by atoms with Gasteiger partial charge in [0.05, 0.1) is 6.61 Å². The molecule has 0 bridgehead atoms. The Kier molecular flexibility index (Phi) is 6.97. The van der Waals surface area contributed by atoms with Crippen LogP contribution in [0.2, 0.25) is 5.02 Å². The molecule has 0 radical (unpaired) electrons. The van der Waals surface area contributed by atoms with Crippen molar-refractivity contribution in [2.45, 2.75) is 31.7 Å². The number of rotatable bonds is 7. The smallest absolute Gasteiger partial charge is 0.0592 e. The Labute approximate surface area is 113 Å². The lowest BCUT2D eigenvalue weighted by Crippen LogP contribution is -2.39. The number of hydrogen-bond donors (Lipinski definition) is 2. The fourth-order valence-corrected chi connectivity index (χ4v) is 2.91. The first-order chi connectivity index (χ1) is 8.13. The molecule has 2 nitrogen and oxygen atoms in total. The van der Waals surface area contributed by atoms with E-state index in [1.165, 1.54) is 0 Å². The van der Waals surface area contributed by atoms with Crippen molar-refractivity contribution in [1.29, 1.82) is 0 Å². The lowest BCUT2D eigenvalue weighted by molar-refractivity contribution is 0.247. The van der Waals surface area contributed by atoms with E-state index in [1.807, 2.05) is 24.3 Å². The molecule has 4 heteroatoms. The molecule has 0 aliphatic heterocycles. The minimum absolute atomic E-state index is 0.155. The molecule has 1 atom stereocenters. The Morgan fingerprint density at radius 1 is 1.35 bits per heavy atom. The van der Waals surface area contributed by atoms with Crippen molar-refractivity contribution in [2.24, 2.45) is 0 Å². The molecule has 17 heavy (non-hydrogen) atoms. The van der Waals surface area contributed by atoms with Gasteiger partial charge in [0.15, 0.2) is 0 Å². The maximum absolute atomic E-state index is 9.22. The average molecular weight is 274 g/mol. The van der Waals surface area contributed by atoms with Gasteiger partial charge >= 0.3 is 0 Å². The van der Waals surface area contributed by atoms with E-state index < -0.39 is 0 Å². The molecular formula is C13H20ClNOS. The molecule has 96 valence electrons. The van der Waals surface area contributed by atoms with Gasteiger partial charge in [-0.3, -0.25) is 0 Å². The molecule has 1 unspecified atom stereocenters. The summed E-state index contributed by atoms with van der Waals surface area (Å²) >= 11 is 7.87. The monoisotopic (exact) mass is 273 g/mol. The Morgan fingerprint density at radius 3 is 2.65 bits per heavy atom. The van der Waals surface area contributed by atoms with Crippen LogP contribution < -0.4 is 5.32 Å². The molecule has 0 aliphatic rings. The molecule has 0 saturated heterocycles. The average Bonchev–Trinajstić information content (AvgIpc) is 2.29. The van der Waals surface area contributed by atoms with Crippen molar-refractivity contribution >= 4 is 23.4 Å². The third-order valence-corrected chi connectivity index (χ3v) is 3.85. The van der Waals surface area contributed by atoms with Gasteiger partial charge in [-0.15, -0.1) is 0 Å². The third kappa shape index (κ3) is 5.77. The molecule has 1 aromatic carbocycles. The predicted molar refractivity (Wildman–Crippen MR) is 76.8 cm³/mol. The molecule has 0 aliphatic carbocycles. The van der Waals surface area contributed by atoms with Gasteiger partial charge in [-0.2, -0.15) is 11.8 Å². The summed E-state index contributed by atoms with van der Waals surface area (Å²) in [6.07, 6.45) is 0. The highest BCUT2D eigenvalue weighted by molar-refractivity contribution is 7.98. The van der Waals surface area contributed by atoms with Crippen LogP contribution in [-0.4, -0.2) is 29.5 Å². The Bertz CT molecular complexity index is 333. The molecule has 1 rings (SSSR count). The topological polar surface area (TPSA) is 32.3 Å². The molecule has 0 fully saturated rings. The van der Waals surface area contributed by atoms with Crippen LogP contribution in [0.1, 0.15) is 19.4 Å². The number of benzene rings is 1. The van der Waals surface area contributed by atoms with Gasteiger partial charge in [-0.05, 0) is 11.6 Å². The van der Waals surface area contributed by atoms with Gasteiger partial charge in [-0.1, -0.05) is 43.6 Å². The molecule has 1 aromatic rings. The normalized spacial score (nSPS) is 13.0. The van der Waals surface area contributed by atoms with E-state index in [9.17, 15) is 5.11 Å². The highest BCUT2D eigenvalue weighted by Crippen LogP contribution is 2.21. The van der Waals surface area contributed by atoms with Crippen molar-refractivity contribution in [2.75, 3.05) is 12.4 Å². The van der Waals surface area contributed by atoms with Crippen LogP contribution in [0, 0.1) is 0 Å². The highest BCUT2D eigenvalue weighted by Gasteiger charge is 2.09. The summed E-state index contributed by atoms with van der Waals surface area (Å²) in [5.41, 5.74) is 1.15. The lowest BCUT2D eigenvalue weighted by atomic mass is 10.2. The van der Waals surface area contributed by atoms with E-state index >= 15 is 0 Å². The Hall–Kier alpha value is -0.220. The fraction of sp³-hybridized carbons (Fsp3) is 0.538. The van der Waals surface area contributed by atoms with Gasteiger partial charge < -0.3 is 10.4 Å². The molecule has 2 N–H and O–H groups in total. The number of thioether (sulfide) groups is 1. The summed E-state index contributed by atoms with van der Waals surface area (Å²) in [6, 6.07) is 8.44. The van der Waals surface area contributed by atoms with E-state index in [0.29, 0.717) is 6.04 Å². The third-order valence-electron chi connectivity index (χ3n) is 2.32. The van der Waals surface area contributed by atoms with E-state index in [4.69, 9.17) is 11.6 Å². The predicted octanol–water partition coefficient (Wildman–Crippen LogP) is 2.93. The van der Waals surface area contributed by atoms with Gasteiger partial charge in [0.2, 0.25) is 0 Å². The largest absolute Gasteiger partial charge is 0.395 e. The standard InChI is InChI=1S/C13H20ClNOS/c1-10(2)15-12(7-16)9-17-8-11-5-3-4-6-13(11)14/h3-6,10,12,15-16H,7-9H2,1-2H3. The van der Waals surface area contributed by atoms with E-state index in [2.05, 4.69) is 19.2 Å². The van der Waals surface area contributed by atoms with Crippen molar-refractivity contribution in [3.8, 4) is 0 Å². The van der Waals surface area contributed by atoms with E-state index in [0.717, 1.165) is 22.1 Å². The maximum atomic E-state index is 9.22. The minimum atomic E-state index is 0.155. The van der Waals surface area contributed by atoms with Crippen LogP contribution in [0.5, 0.6) is 0 Å². The van der Waals surface area contributed by atoms with Gasteiger partial charge in [0, 0.05) is 28.6 Å². The van der Waals surface area contributed by atoms with Gasteiger partial charge in [0.25, 0.3) is 0 Å². The van der Waals surface area contributed by atoms with E-state index in [1.54, 1.807) is 11.8 Å². The summed E-state index contributed by atoms with van der Waals surface area (Å²) in [7, 11) is 0. The second-order valence-electron chi connectivity index (χ2n) is 4.31. The lowest BCUT2D eigenvalue weighted by Gasteiger charge is -2.18. The van der Waals surface area contributed by atoms with Crippen LogP contribution in [0.3, 0.4) is 0 Å². The van der Waals surface area contributed by atoms with Gasteiger partial charge in [0.1, 0.15) is 0 Å². The van der Waals surface area contributed by atoms with Crippen molar-refractivity contribution in [3.05, 3.63) is 34.9 Å². The van der Waals surface area contributed by atoms with Crippen LogP contribution in [0.15, 0.2) is 24.3 Å². The zero-order chi connectivity index (χ0) is 12.7. The van der Waals surface area contributed by atoms with Crippen LogP contribution in [0.4, 0.5) is 0 Å². The summed E-state index contributed by atoms with van der Waals surface area (Å²) in [6.45, 7) is 4.34. The first-order valence-corrected chi connectivity index (χ1v) is 7.34. The first-order valence-electron chi connectivity index (χ1n) is 5.81. The summed E-state index contributed by atoms with van der Waals surface area (Å²) in [5, 5.41) is 13.4. The minimum Gasteiger partial charge on any atom is -0.395 e. The van der Waals surface area contributed by atoms with Crippen LogP contribution >= 0.6 is 23.4 Å². The van der Waals surface area contributed by atoms with Crippen LogP contribution in [0.25, 0.3) is 0 Å².